The van der Waals surface area contributed by atoms with Crippen LogP contribution in [0, 0.1) is 0 Å². The van der Waals surface area contributed by atoms with Gasteiger partial charge in [0.2, 0.25) is 0 Å². The Morgan fingerprint density at radius 3 is 2.50 bits per heavy atom. The summed E-state index contributed by atoms with van der Waals surface area (Å²) in [5, 5.41) is 12.4. The minimum atomic E-state index is 0.442. The maximum Gasteiger partial charge on any atom is 0.187 e. The molecule has 0 atom stereocenters. The lowest BCUT2D eigenvalue weighted by Crippen LogP contribution is -2.31. The smallest absolute Gasteiger partial charge is 0.187 e. The highest BCUT2D eigenvalue weighted by Gasteiger charge is 2.10. The Kier molecular flexibility index (Phi) is 5.90. The van der Waals surface area contributed by atoms with Crippen LogP contribution in [0.3, 0.4) is 0 Å². The molecule has 0 spiro atoms. The molecule has 0 aliphatic carbocycles. The summed E-state index contributed by atoms with van der Waals surface area (Å²) in [6, 6.07) is 20.0. The first-order valence-electron chi connectivity index (χ1n) is 8.16. The number of aromatic nitrogens is 2. The molecule has 5 nitrogen and oxygen atoms in total. The van der Waals surface area contributed by atoms with E-state index in [2.05, 4.69) is 22.4 Å². The van der Waals surface area contributed by atoms with Gasteiger partial charge in [-0.3, -0.25) is 5.43 Å². The summed E-state index contributed by atoms with van der Waals surface area (Å²) in [4.78, 5) is 0. The van der Waals surface area contributed by atoms with E-state index < -0.39 is 0 Å². The molecule has 0 aliphatic heterocycles. The Balaban J connectivity index is 1.88. The van der Waals surface area contributed by atoms with Crippen molar-refractivity contribution in [2.24, 2.45) is 5.10 Å². The van der Waals surface area contributed by atoms with Crippen molar-refractivity contribution in [3.63, 3.8) is 0 Å². The van der Waals surface area contributed by atoms with Crippen LogP contribution in [0.5, 0.6) is 0 Å². The summed E-state index contributed by atoms with van der Waals surface area (Å²) in [6.07, 6.45) is 5.40. The van der Waals surface area contributed by atoms with Crippen molar-refractivity contribution < 1.29 is 0 Å². The number of para-hydroxylation sites is 1. The van der Waals surface area contributed by atoms with Gasteiger partial charge in [0, 0.05) is 23.9 Å². The van der Waals surface area contributed by atoms with Gasteiger partial charge in [-0.2, -0.15) is 10.2 Å². The number of hydrogen-bond acceptors (Lipinski definition) is 3. The minimum absolute atomic E-state index is 0.442. The second kappa shape index (κ2) is 8.73. The summed E-state index contributed by atoms with van der Waals surface area (Å²) in [6.45, 7) is 4.22. The normalized spacial score (nSPS) is 10.6. The van der Waals surface area contributed by atoms with Crippen molar-refractivity contribution in [2.75, 3.05) is 6.54 Å². The molecule has 3 aromatic rings. The molecule has 26 heavy (non-hydrogen) atoms. The number of nitrogens with one attached hydrogen (secondary N) is 2. The van der Waals surface area contributed by atoms with E-state index in [0.717, 1.165) is 22.5 Å². The van der Waals surface area contributed by atoms with Crippen molar-refractivity contribution in [3.8, 4) is 16.9 Å². The molecule has 0 saturated carbocycles. The summed E-state index contributed by atoms with van der Waals surface area (Å²) in [5.74, 6) is 0. The minimum Gasteiger partial charge on any atom is -0.358 e. The van der Waals surface area contributed by atoms with Gasteiger partial charge in [-0.25, -0.2) is 4.68 Å². The lowest BCUT2D eigenvalue weighted by molar-refractivity contribution is 0.884. The predicted molar refractivity (Wildman–Crippen MR) is 111 cm³/mol. The van der Waals surface area contributed by atoms with Crippen LogP contribution in [0.4, 0.5) is 0 Å². The fourth-order valence-corrected chi connectivity index (χ4v) is 2.52. The maximum absolute atomic E-state index is 5.14. The molecular weight excluding hydrogens is 342 g/mol. The zero-order valence-corrected chi connectivity index (χ0v) is 15.0. The highest BCUT2D eigenvalue weighted by atomic mass is 32.1. The maximum atomic E-state index is 5.14. The lowest BCUT2D eigenvalue weighted by atomic mass is 10.1. The number of benzene rings is 2. The van der Waals surface area contributed by atoms with Crippen molar-refractivity contribution in [2.45, 2.75) is 0 Å². The Hall–Kier alpha value is -3.25. The predicted octanol–water partition coefficient (Wildman–Crippen LogP) is 3.52. The van der Waals surface area contributed by atoms with Crippen molar-refractivity contribution >= 4 is 23.5 Å². The van der Waals surface area contributed by atoms with Crippen molar-refractivity contribution in [1.29, 1.82) is 0 Å². The van der Waals surface area contributed by atoms with Crippen LogP contribution in [-0.2, 0) is 0 Å². The topological polar surface area (TPSA) is 54.2 Å². The Morgan fingerprint density at radius 2 is 1.81 bits per heavy atom. The fraction of sp³-hybridized carbons (Fsp3) is 0.0500. The molecule has 2 N–H and O–H groups in total. The van der Waals surface area contributed by atoms with Crippen molar-refractivity contribution in [1.82, 2.24) is 20.5 Å². The standard InChI is InChI=1S/C20H19N5S/c1-2-13-21-20(26)23-22-14-17-15-25(18-11-7-4-8-12-18)24-19(17)16-9-5-3-6-10-16/h2-12,14-15H,1,13H2,(H2,21,23,26)/b22-14-. The van der Waals surface area contributed by atoms with Crippen LogP contribution in [0.2, 0.25) is 0 Å². The Bertz CT molecular complexity index is 900. The third kappa shape index (κ3) is 4.43. The first-order chi connectivity index (χ1) is 12.8. The zero-order chi connectivity index (χ0) is 18.2. The quantitative estimate of drug-likeness (QED) is 0.305. The SMILES string of the molecule is C=CCNC(=S)N/N=C\c1cn(-c2ccccc2)nc1-c1ccccc1. The van der Waals surface area contributed by atoms with Crippen LogP contribution in [-0.4, -0.2) is 27.7 Å². The summed E-state index contributed by atoms with van der Waals surface area (Å²) >= 11 is 5.14. The molecule has 0 fully saturated rings. The number of nitrogens with zero attached hydrogens (tertiary/aromatic N) is 3. The van der Waals surface area contributed by atoms with Gasteiger partial charge in [-0.05, 0) is 24.4 Å². The molecule has 0 bridgehead atoms. The second-order valence-electron chi connectivity index (χ2n) is 5.45. The average molecular weight is 361 g/mol. The zero-order valence-electron chi connectivity index (χ0n) is 14.2. The van der Waals surface area contributed by atoms with Crippen molar-refractivity contribution in [3.05, 3.63) is 85.1 Å². The van der Waals surface area contributed by atoms with Crippen LogP contribution >= 0.6 is 12.2 Å². The van der Waals surface area contributed by atoms with E-state index in [-0.39, 0.29) is 0 Å². The third-order valence-corrected chi connectivity index (χ3v) is 3.82. The highest BCUT2D eigenvalue weighted by molar-refractivity contribution is 7.80. The monoisotopic (exact) mass is 361 g/mol. The van der Waals surface area contributed by atoms with Crippen LogP contribution in [0.1, 0.15) is 5.56 Å². The molecule has 0 radical (unpaired) electrons. The Morgan fingerprint density at radius 1 is 1.12 bits per heavy atom. The van der Waals surface area contributed by atoms with Gasteiger partial charge < -0.3 is 5.32 Å². The first-order valence-corrected chi connectivity index (χ1v) is 8.57. The molecule has 3 rings (SSSR count). The molecule has 6 heteroatoms. The lowest BCUT2D eigenvalue weighted by Gasteiger charge is -2.03. The van der Waals surface area contributed by atoms with Crippen LogP contribution in [0.15, 0.2) is 84.6 Å². The number of hydrazone groups is 1. The summed E-state index contributed by atoms with van der Waals surface area (Å²) in [5.41, 5.74) is 6.55. The van der Waals surface area contributed by atoms with Crippen LogP contribution in [0.25, 0.3) is 16.9 Å². The summed E-state index contributed by atoms with van der Waals surface area (Å²) in [7, 11) is 0. The average Bonchev–Trinajstić information content (AvgIpc) is 3.12. The number of rotatable bonds is 6. The first kappa shape index (κ1) is 17.6. The van der Waals surface area contributed by atoms with Gasteiger partial charge in [0.25, 0.3) is 0 Å². The molecule has 1 aromatic heterocycles. The molecule has 0 unspecified atom stereocenters. The van der Waals surface area contributed by atoms with E-state index in [1.54, 1.807) is 12.3 Å². The fourth-order valence-electron chi connectivity index (χ4n) is 2.38. The van der Waals surface area contributed by atoms with Gasteiger partial charge in [-0.15, -0.1) is 6.58 Å². The third-order valence-electron chi connectivity index (χ3n) is 3.59. The molecule has 2 aromatic carbocycles. The highest BCUT2D eigenvalue weighted by Crippen LogP contribution is 2.22. The van der Waals surface area contributed by atoms with Gasteiger partial charge in [0.15, 0.2) is 5.11 Å². The molecule has 0 saturated heterocycles. The van der Waals surface area contributed by atoms with E-state index in [4.69, 9.17) is 17.3 Å². The largest absolute Gasteiger partial charge is 0.358 e. The molecule has 1 heterocycles. The molecule has 0 aliphatic rings. The van der Waals surface area contributed by atoms with E-state index in [1.165, 1.54) is 0 Å². The van der Waals surface area contributed by atoms with Crippen LogP contribution < -0.4 is 10.7 Å². The van der Waals surface area contributed by atoms with Gasteiger partial charge >= 0.3 is 0 Å². The van der Waals surface area contributed by atoms with E-state index >= 15 is 0 Å². The Labute approximate surface area is 158 Å². The van der Waals surface area contributed by atoms with E-state index in [1.807, 2.05) is 71.5 Å². The summed E-state index contributed by atoms with van der Waals surface area (Å²) < 4.78 is 1.85. The van der Waals surface area contributed by atoms with Gasteiger partial charge in [-0.1, -0.05) is 54.6 Å². The number of hydrogen-bond donors (Lipinski definition) is 2. The molecule has 130 valence electrons. The second-order valence-corrected chi connectivity index (χ2v) is 5.86. The van der Waals surface area contributed by atoms with E-state index in [0.29, 0.717) is 11.7 Å². The van der Waals surface area contributed by atoms with E-state index in [9.17, 15) is 0 Å². The number of thiocarbonyl (C=S) groups is 1. The van der Waals surface area contributed by atoms with Gasteiger partial charge in [0.1, 0.15) is 5.69 Å². The van der Waals surface area contributed by atoms with Gasteiger partial charge in [0.05, 0.1) is 11.9 Å². The molecular formula is C20H19N5S. The molecule has 0 amide bonds.